The maximum atomic E-state index is 13.1. The monoisotopic (exact) mass is 306 g/mol. The van der Waals surface area contributed by atoms with Gasteiger partial charge in [-0.15, -0.1) is 10.2 Å². The normalized spacial score (nSPS) is 14.5. The summed E-state index contributed by atoms with van der Waals surface area (Å²) in [6, 6.07) is 6.54. The molecule has 1 aromatic heterocycles. The van der Waals surface area contributed by atoms with E-state index in [-0.39, 0.29) is 5.82 Å². The summed E-state index contributed by atoms with van der Waals surface area (Å²) in [5, 5.41) is 12.8. The lowest BCUT2D eigenvalue weighted by Crippen LogP contribution is -2.06. The van der Waals surface area contributed by atoms with E-state index in [2.05, 4.69) is 20.1 Å². The lowest BCUT2D eigenvalue weighted by molar-refractivity contribution is 0.591. The van der Waals surface area contributed by atoms with E-state index in [1.165, 1.54) is 31.4 Å². The average molecular weight is 306 g/mol. The molecule has 3 rings (SSSR count). The molecule has 0 radical (unpaired) electrons. The number of anilines is 1. The average Bonchev–Trinajstić information content (AvgIpc) is 2.71. The molecule has 0 spiro atoms. The first-order valence-corrected chi connectivity index (χ1v) is 8.36. The van der Waals surface area contributed by atoms with Crippen LogP contribution in [-0.2, 0) is 13.0 Å². The summed E-state index contributed by atoms with van der Waals surface area (Å²) in [6.45, 7) is 1.80. The highest BCUT2D eigenvalue weighted by atomic mass is 32.2. The van der Waals surface area contributed by atoms with Crippen LogP contribution >= 0.6 is 11.8 Å². The van der Waals surface area contributed by atoms with Crippen LogP contribution in [0.5, 0.6) is 0 Å². The van der Waals surface area contributed by atoms with E-state index >= 15 is 0 Å². The highest BCUT2D eigenvalue weighted by Gasteiger charge is 2.14. The molecule has 0 atom stereocenters. The van der Waals surface area contributed by atoms with E-state index in [4.69, 9.17) is 0 Å². The fourth-order valence-electron chi connectivity index (χ4n) is 2.50. The van der Waals surface area contributed by atoms with Crippen molar-refractivity contribution in [1.82, 2.24) is 14.8 Å². The van der Waals surface area contributed by atoms with Gasteiger partial charge in [-0.1, -0.05) is 24.2 Å². The van der Waals surface area contributed by atoms with Gasteiger partial charge in [-0.3, -0.25) is 0 Å². The number of thioether (sulfide) groups is 1. The van der Waals surface area contributed by atoms with Crippen LogP contribution in [0.4, 0.5) is 10.1 Å². The Morgan fingerprint density at radius 3 is 3.10 bits per heavy atom. The van der Waals surface area contributed by atoms with Crippen LogP contribution in [0.25, 0.3) is 0 Å². The summed E-state index contributed by atoms with van der Waals surface area (Å²) in [6.07, 6.45) is 4.73. The molecule has 1 aliphatic rings. The van der Waals surface area contributed by atoms with Crippen molar-refractivity contribution in [2.45, 2.75) is 37.4 Å². The molecule has 1 aromatic carbocycles. The number of rotatable bonds is 5. The Morgan fingerprint density at radius 1 is 1.24 bits per heavy atom. The molecule has 4 nitrogen and oxygen atoms in total. The van der Waals surface area contributed by atoms with Gasteiger partial charge in [0.15, 0.2) is 5.16 Å². The van der Waals surface area contributed by atoms with Crippen LogP contribution in [0.2, 0.25) is 0 Å². The maximum Gasteiger partial charge on any atom is 0.191 e. The van der Waals surface area contributed by atoms with Crippen LogP contribution < -0.4 is 5.32 Å². The minimum Gasteiger partial charge on any atom is -0.384 e. The highest BCUT2D eigenvalue weighted by molar-refractivity contribution is 7.99. The van der Waals surface area contributed by atoms with Crippen molar-refractivity contribution in [3.8, 4) is 0 Å². The Balaban J connectivity index is 1.51. The molecule has 0 saturated carbocycles. The molecule has 0 fully saturated rings. The van der Waals surface area contributed by atoms with Crippen molar-refractivity contribution in [2.24, 2.45) is 0 Å². The fourth-order valence-corrected chi connectivity index (χ4v) is 3.34. The Labute approximate surface area is 128 Å². The summed E-state index contributed by atoms with van der Waals surface area (Å²) < 4.78 is 15.3. The summed E-state index contributed by atoms with van der Waals surface area (Å²) in [5.74, 6) is 1.79. The second kappa shape index (κ2) is 6.93. The van der Waals surface area contributed by atoms with E-state index in [0.717, 1.165) is 41.9 Å². The lowest BCUT2D eigenvalue weighted by atomic mass is 10.2. The molecule has 6 heteroatoms. The first-order chi connectivity index (χ1) is 10.3. The van der Waals surface area contributed by atoms with Crippen molar-refractivity contribution < 1.29 is 4.39 Å². The molecule has 0 aliphatic carbocycles. The van der Waals surface area contributed by atoms with Gasteiger partial charge in [-0.25, -0.2) is 4.39 Å². The van der Waals surface area contributed by atoms with Gasteiger partial charge in [-0.05, 0) is 31.0 Å². The molecular weight excluding hydrogens is 287 g/mol. The second-order valence-electron chi connectivity index (χ2n) is 5.15. The number of hydrogen-bond donors (Lipinski definition) is 1. The third-order valence-electron chi connectivity index (χ3n) is 3.56. The van der Waals surface area contributed by atoms with E-state index in [0.29, 0.717) is 0 Å². The fraction of sp³-hybridized carbons (Fsp3) is 0.467. The SMILES string of the molecule is Fc1cccc(NCCSc2nnc3n2CCCCC3)c1. The third kappa shape index (κ3) is 3.75. The van der Waals surface area contributed by atoms with Gasteiger partial charge >= 0.3 is 0 Å². The largest absolute Gasteiger partial charge is 0.384 e. The van der Waals surface area contributed by atoms with Gasteiger partial charge in [0.2, 0.25) is 0 Å². The summed E-state index contributed by atoms with van der Waals surface area (Å²) in [5.41, 5.74) is 0.815. The van der Waals surface area contributed by atoms with Gasteiger partial charge in [0.05, 0.1) is 0 Å². The second-order valence-corrected chi connectivity index (χ2v) is 6.21. The van der Waals surface area contributed by atoms with Gasteiger partial charge in [0, 0.05) is 31.0 Å². The van der Waals surface area contributed by atoms with Crippen LogP contribution in [0, 0.1) is 5.82 Å². The molecule has 112 valence electrons. The van der Waals surface area contributed by atoms with Crippen LogP contribution in [-0.4, -0.2) is 27.1 Å². The number of fused-ring (bicyclic) bond motifs is 1. The van der Waals surface area contributed by atoms with Crippen molar-refractivity contribution in [3.63, 3.8) is 0 Å². The molecule has 0 amide bonds. The minimum absolute atomic E-state index is 0.213. The topological polar surface area (TPSA) is 42.7 Å². The Bertz CT molecular complexity index is 599. The molecule has 0 bridgehead atoms. The molecule has 0 saturated heterocycles. The minimum atomic E-state index is -0.213. The number of aromatic nitrogens is 3. The lowest BCUT2D eigenvalue weighted by Gasteiger charge is -2.08. The zero-order valence-corrected chi connectivity index (χ0v) is 12.7. The summed E-state index contributed by atoms with van der Waals surface area (Å²) in [4.78, 5) is 0. The predicted molar refractivity (Wildman–Crippen MR) is 83.2 cm³/mol. The molecular formula is C15H19FN4S. The summed E-state index contributed by atoms with van der Waals surface area (Å²) in [7, 11) is 0. The number of halogens is 1. The zero-order valence-electron chi connectivity index (χ0n) is 11.9. The van der Waals surface area contributed by atoms with E-state index in [1.54, 1.807) is 17.8 Å². The molecule has 0 unspecified atom stereocenters. The number of nitrogens with zero attached hydrogens (tertiary/aromatic N) is 3. The van der Waals surface area contributed by atoms with Gasteiger partial charge in [-0.2, -0.15) is 0 Å². The number of benzene rings is 1. The molecule has 1 aliphatic heterocycles. The molecule has 2 heterocycles. The highest BCUT2D eigenvalue weighted by Crippen LogP contribution is 2.21. The smallest absolute Gasteiger partial charge is 0.191 e. The molecule has 2 aromatic rings. The number of aryl methyl sites for hydroxylation is 1. The Hall–Kier alpha value is -1.56. The molecule has 1 N–H and O–H groups in total. The first-order valence-electron chi connectivity index (χ1n) is 7.37. The van der Waals surface area contributed by atoms with E-state index in [9.17, 15) is 4.39 Å². The third-order valence-corrected chi connectivity index (χ3v) is 4.53. The maximum absolute atomic E-state index is 13.1. The van der Waals surface area contributed by atoms with E-state index in [1.807, 2.05) is 6.07 Å². The Morgan fingerprint density at radius 2 is 2.19 bits per heavy atom. The van der Waals surface area contributed by atoms with Crippen molar-refractivity contribution in [2.75, 3.05) is 17.6 Å². The van der Waals surface area contributed by atoms with Crippen LogP contribution in [0.3, 0.4) is 0 Å². The van der Waals surface area contributed by atoms with Crippen molar-refractivity contribution in [1.29, 1.82) is 0 Å². The number of hydrogen-bond acceptors (Lipinski definition) is 4. The predicted octanol–water partition coefficient (Wildman–Crippen LogP) is 3.35. The van der Waals surface area contributed by atoms with Crippen LogP contribution in [0.1, 0.15) is 25.1 Å². The Kier molecular flexibility index (Phi) is 4.75. The molecule has 21 heavy (non-hydrogen) atoms. The summed E-state index contributed by atoms with van der Waals surface area (Å²) >= 11 is 1.71. The standard InChI is InChI=1S/C15H19FN4S/c16-12-5-4-6-13(11-12)17-8-10-21-15-19-18-14-7-2-1-3-9-20(14)15/h4-6,11,17H,1-3,7-10H2. The van der Waals surface area contributed by atoms with Gasteiger partial charge < -0.3 is 9.88 Å². The number of nitrogens with one attached hydrogen (secondary N) is 1. The van der Waals surface area contributed by atoms with Crippen LogP contribution in [0.15, 0.2) is 29.4 Å². The quantitative estimate of drug-likeness (QED) is 0.679. The van der Waals surface area contributed by atoms with Gasteiger partial charge in [0.25, 0.3) is 0 Å². The first kappa shape index (κ1) is 14.4. The van der Waals surface area contributed by atoms with Gasteiger partial charge in [0.1, 0.15) is 11.6 Å². The van der Waals surface area contributed by atoms with Crippen molar-refractivity contribution >= 4 is 17.4 Å². The van der Waals surface area contributed by atoms with Crippen molar-refractivity contribution in [3.05, 3.63) is 35.9 Å². The zero-order chi connectivity index (χ0) is 14.5. The van der Waals surface area contributed by atoms with E-state index < -0.39 is 0 Å².